The summed E-state index contributed by atoms with van der Waals surface area (Å²) < 4.78 is 5.64. The molecule has 0 spiro atoms. The first kappa shape index (κ1) is 15.7. The fourth-order valence-corrected chi connectivity index (χ4v) is 2.74. The highest BCUT2D eigenvalue weighted by molar-refractivity contribution is 5.96. The SMILES string of the molecule is O=c1c2cc(/C=N/Nc3ccccc3)ccc2oc2cc(O)cc(O)c12. The highest BCUT2D eigenvalue weighted by Crippen LogP contribution is 2.29. The number of hydrogen-bond donors (Lipinski definition) is 3. The van der Waals surface area contributed by atoms with Gasteiger partial charge in [0.2, 0.25) is 5.43 Å². The molecule has 0 aliphatic rings. The van der Waals surface area contributed by atoms with E-state index in [0.29, 0.717) is 16.5 Å². The van der Waals surface area contributed by atoms with Crippen LogP contribution in [-0.4, -0.2) is 16.4 Å². The largest absolute Gasteiger partial charge is 0.508 e. The summed E-state index contributed by atoms with van der Waals surface area (Å²) in [5.41, 5.74) is 4.57. The van der Waals surface area contributed by atoms with Crippen LogP contribution in [0.5, 0.6) is 11.5 Å². The van der Waals surface area contributed by atoms with Crippen molar-refractivity contribution in [3.63, 3.8) is 0 Å². The second kappa shape index (κ2) is 6.25. The summed E-state index contributed by atoms with van der Waals surface area (Å²) in [4.78, 5) is 12.7. The third kappa shape index (κ3) is 2.84. The van der Waals surface area contributed by atoms with E-state index in [-0.39, 0.29) is 27.9 Å². The van der Waals surface area contributed by atoms with Crippen LogP contribution >= 0.6 is 0 Å². The van der Waals surface area contributed by atoms with Crippen molar-refractivity contribution in [2.75, 3.05) is 5.43 Å². The predicted octanol–water partition coefficient (Wildman–Crippen LogP) is 3.80. The van der Waals surface area contributed by atoms with Crippen LogP contribution in [0.25, 0.3) is 21.9 Å². The highest BCUT2D eigenvalue weighted by Gasteiger charge is 2.13. The van der Waals surface area contributed by atoms with Crippen molar-refractivity contribution in [1.29, 1.82) is 0 Å². The van der Waals surface area contributed by atoms with Crippen LogP contribution in [-0.2, 0) is 0 Å². The quantitative estimate of drug-likeness (QED) is 0.298. The molecular weight excluding hydrogens is 332 g/mol. The van der Waals surface area contributed by atoms with Gasteiger partial charge in [-0.25, -0.2) is 0 Å². The lowest BCUT2D eigenvalue weighted by Gasteiger charge is -2.05. The summed E-state index contributed by atoms with van der Waals surface area (Å²) in [6, 6.07) is 16.9. The Morgan fingerprint density at radius 3 is 2.58 bits per heavy atom. The molecule has 0 aliphatic carbocycles. The molecule has 3 N–H and O–H groups in total. The van der Waals surface area contributed by atoms with E-state index < -0.39 is 0 Å². The lowest BCUT2D eigenvalue weighted by molar-refractivity contribution is 0.453. The predicted molar refractivity (Wildman–Crippen MR) is 101 cm³/mol. The van der Waals surface area contributed by atoms with Gasteiger partial charge in [-0.1, -0.05) is 18.2 Å². The van der Waals surface area contributed by atoms with Gasteiger partial charge in [-0.3, -0.25) is 10.2 Å². The topological polar surface area (TPSA) is 95.1 Å². The Labute approximate surface area is 147 Å². The van der Waals surface area contributed by atoms with Gasteiger partial charge < -0.3 is 14.6 Å². The van der Waals surface area contributed by atoms with Crippen molar-refractivity contribution in [2.24, 2.45) is 5.10 Å². The summed E-state index contributed by atoms with van der Waals surface area (Å²) in [6.45, 7) is 0. The monoisotopic (exact) mass is 346 g/mol. The Morgan fingerprint density at radius 2 is 1.77 bits per heavy atom. The molecule has 1 aromatic heterocycles. The summed E-state index contributed by atoms with van der Waals surface area (Å²) in [5, 5.41) is 24.0. The van der Waals surface area contributed by atoms with Crippen molar-refractivity contribution in [1.82, 2.24) is 0 Å². The summed E-state index contributed by atoms with van der Waals surface area (Å²) in [6.07, 6.45) is 1.59. The standard InChI is InChI=1S/C20H14N2O4/c23-14-9-16(24)19-18(10-14)26-17-7-6-12(8-15(17)20(19)25)11-21-22-13-4-2-1-3-5-13/h1-11,22-24H/b21-11+. The molecule has 3 aromatic carbocycles. The Kier molecular flexibility index (Phi) is 3.78. The van der Waals surface area contributed by atoms with Crippen LogP contribution in [0, 0.1) is 0 Å². The number of hydrogen-bond acceptors (Lipinski definition) is 6. The third-order valence-corrected chi connectivity index (χ3v) is 3.94. The normalized spacial score (nSPS) is 11.4. The van der Waals surface area contributed by atoms with Gasteiger partial charge in [0.15, 0.2) is 0 Å². The molecule has 1 heterocycles. The number of aromatic hydroxyl groups is 2. The van der Waals surface area contributed by atoms with Crippen LogP contribution < -0.4 is 10.9 Å². The maximum atomic E-state index is 12.7. The zero-order valence-corrected chi connectivity index (χ0v) is 13.5. The number of nitrogens with one attached hydrogen (secondary N) is 1. The second-order valence-corrected chi connectivity index (χ2v) is 5.76. The lowest BCUT2D eigenvalue weighted by Crippen LogP contribution is -2.03. The number of nitrogens with zero attached hydrogens (tertiary/aromatic N) is 1. The minimum Gasteiger partial charge on any atom is -0.508 e. The molecule has 0 saturated heterocycles. The van der Waals surface area contributed by atoms with E-state index >= 15 is 0 Å². The molecule has 0 radical (unpaired) electrons. The highest BCUT2D eigenvalue weighted by atomic mass is 16.3. The minimum atomic E-state index is -0.370. The molecule has 4 aromatic rings. The minimum absolute atomic E-state index is 0.0341. The van der Waals surface area contributed by atoms with Crippen LogP contribution in [0.15, 0.2) is 75.0 Å². The van der Waals surface area contributed by atoms with Crippen molar-refractivity contribution >= 4 is 33.8 Å². The fraction of sp³-hybridized carbons (Fsp3) is 0. The van der Waals surface area contributed by atoms with Gasteiger partial charge in [0.1, 0.15) is 28.1 Å². The number of para-hydroxylation sites is 1. The Morgan fingerprint density at radius 1 is 0.962 bits per heavy atom. The average molecular weight is 346 g/mol. The molecule has 26 heavy (non-hydrogen) atoms. The van der Waals surface area contributed by atoms with Crippen molar-refractivity contribution in [2.45, 2.75) is 0 Å². The Hall–Kier alpha value is -3.80. The summed E-state index contributed by atoms with van der Waals surface area (Å²) in [7, 11) is 0. The van der Waals surface area contributed by atoms with Gasteiger partial charge in [-0.2, -0.15) is 5.10 Å². The van der Waals surface area contributed by atoms with Crippen LogP contribution in [0.2, 0.25) is 0 Å². The van der Waals surface area contributed by atoms with E-state index in [1.54, 1.807) is 24.4 Å². The van der Waals surface area contributed by atoms with Crippen LogP contribution in [0.1, 0.15) is 5.56 Å². The van der Waals surface area contributed by atoms with Crippen LogP contribution in [0.3, 0.4) is 0 Å². The number of phenols is 2. The van der Waals surface area contributed by atoms with E-state index in [0.717, 1.165) is 11.8 Å². The molecule has 0 saturated carbocycles. The summed E-state index contributed by atoms with van der Waals surface area (Å²) >= 11 is 0. The van der Waals surface area contributed by atoms with Gasteiger partial charge in [-0.05, 0) is 35.9 Å². The average Bonchev–Trinajstić information content (AvgIpc) is 2.62. The molecule has 0 amide bonds. The summed E-state index contributed by atoms with van der Waals surface area (Å²) in [5.74, 6) is -0.492. The van der Waals surface area contributed by atoms with Gasteiger partial charge in [0, 0.05) is 12.1 Å². The number of benzene rings is 3. The number of anilines is 1. The molecular formula is C20H14N2O4. The maximum absolute atomic E-state index is 12.7. The van der Waals surface area contributed by atoms with Gasteiger partial charge >= 0.3 is 0 Å². The Bertz CT molecular complexity index is 1200. The molecule has 0 atom stereocenters. The van der Waals surface area contributed by atoms with E-state index in [2.05, 4.69) is 10.5 Å². The molecule has 6 nitrogen and oxygen atoms in total. The fourth-order valence-electron chi connectivity index (χ4n) is 2.74. The van der Waals surface area contributed by atoms with Gasteiger partial charge in [0.25, 0.3) is 0 Å². The van der Waals surface area contributed by atoms with Crippen molar-refractivity contribution in [3.8, 4) is 11.5 Å². The van der Waals surface area contributed by atoms with Crippen LogP contribution in [0.4, 0.5) is 5.69 Å². The zero-order valence-electron chi connectivity index (χ0n) is 13.5. The molecule has 0 unspecified atom stereocenters. The molecule has 0 fully saturated rings. The van der Waals surface area contributed by atoms with Crippen molar-refractivity contribution in [3.05, 3.63) is 76.5 Å². The maximum Gasteiger partial charge on any atom is 0.204 e. The van der Waals surface area contributed by atoms with E-state index in [1.165, 1.54) is 6.07 Å². The second-order valence-electron chi connectivity index (χ2n) is 5.76. The van der Waals surface area contributed by atoms with E-state index in [9.17, 15) is 15.0 Å². The molecule has 6 heteroatoms. The number of fused-ring (bicyclic) bond motifs is 2. The lowest BCUT2D eigenvalue weighted by atomic mass is 10.1. The number of hydrazone groups is 1. The van der Waals surface area contributed by atoms with Gasteiger partial charge in [-0.15, -0.1) is 0 Å². The number of phenolic OH excluding ortho intramolecular Hbond substituents is 2. The number of rotatable bonds is 3. The van der Waals surface area contributed by atoms with Crippen molar-refractivity contribution < 1.29 is 14.6 Å². The molecule has 0 bridgehead atoms. The third-order valence-electron chi connectivity index (χ3n) is 3.94. The first-order chi connectivity index (χ1) is 12.6. The van der Waals surface area contributed by atoms with Gasteiger partial charge in [0.05, 0.1) is 17.3 Å². The molecule has 128 valence electrons. The van der Waals surface area contributed by atoms with E-state index in [1.807, 2.05) is 30.3 Å². The first-order valence-corrected chi connectivity index (χ1v) is 7.88. The zero-order chi connectivity index (χ0) is 18.1. The Balaban J connectivity index is 1.76. The van der Waals surface area contributed by atoms with E-state index in [4.69, 9.17) is 4.42 Å². The first-order valence-electron chi connectivity index (χ1n) is 7.88. The smallest absolute Gasteiger partial charge is 0.204 e. The molecule has 0 aliphatic heterocycles. The molecule has 4 rings (SSSR count).